The van der Waals surface area contributed by atoms with Gasteiger partial charge >= 0.3 is 12.1 Å². The second-order valence-corrected chi connectivity index (χ2v) is 7.92. The van der Waals surface area contributed by atoms with Gasteiger partial charge in [0.1, 0.15) is 6.61 Å². The molecule has 2 fully saturated rings. The minimum atomic E-state index is -0.575. The number of hydrogen-bond acceptors (Lipinski definition) is 8. The van der Waals surface area contributed by atoms with E-state index in [1.165, 1.54) is 6.20 Å². The number of likely N-dealkylation sites (tertiary alicyclic amines) is 1. The van der Waals surface area contributed by atoms with Crippen molar-refractivity contribution < 1.29 is 28.7 Å². The van der Waals surface area contributed by atoms with Crippen molar-refractivity contribution in [2.75, 3.05) is 32.9 Å². The summed E-state index contributed by atoms with van der Waals surface area (Å²) in [5.74, 6) is -0.927. The van der Waals surface area contributed by atoms with Crippen LogP contribution in [0.1, 0.15) is 37.1 Å². The van der Waals surface area contributed by atoms with Gasteiger partial charge in [0.2, 0.25) is 6.61 Å². The van der Waals surface area contributed by atoms with Gasteiger partial charge in [-0.2, -0.15) is 5.10 Å². The van der Waals surface area contributed by atoms with Crippen molar-refractivity contribution in [1.82, 2.24) is 20.0 Å². The number of esters is 1. The molecule has 11 nitrogen and oxygen atoms in total. The molecule has 2 amide bonds. The van der Waals surface area contributed by atoms with Crippen LogP contribution in [0.4, 0.5) is 4.79 Å². The monoisotopic (exact) mass is 469 g/mol. The van der Waals surface area contributed by atoms with E-state index in [1.807, 2.05) is 30.3 Å². The number of rotatable bonds is 8. The van der Waals surface area contributed by atoms with Crippen molar-refractivity contribution in [3.8, 4) is 0 Å². The molecule has 0 saturated carbocycles. The summed E-state index contributed by atoms with van der Waals surface area (Å²) in [5, 5.41) is 10.5. The molecular weight excluding hydrogens is 442 g/mol. The fraction of sp³-hybridized carbons (Fsp3) is 0.435. The number of piperidine rings is 1. The van der Waals surface area contributed by atoms with E-state index in [1.54, 1.807) is 22.8 Å². The second kappa shape index (κ2) is 10.8. The van der Waals surface area contributed by atoms with Crippen LogP contribution < -0.4 is 0 Å². The summed E-state index contributed by atoms with van der Waals surface area (Å²) < 4.78 is 10.2. The van der Waals surface area contributed by atoms with Crippen LogP contribution in [0.15, 0.2) is 47.8 Å². The highest BCUT2D eigenvalue weighted by molar-refractivity contribution is 6.44. The van der Waals surface area contributed by atoms with Crippen LogP contribution in [0.25, 0.3) is 0 Å². The summed E-state index contributed by atoms with van der Waals surface area (Å²) in [5.41, 5.74) is 1.42. The molecule has 2 aliphatic rings. The molecule has 0 radical (unpaired) electrons. The average molecular weight is 469 g/mol. The van der Waals surface area contributed by atoms with Crippen molar-refractivity contribution in [3.05, 3.63) is 53.9 Å². The summed E-state index contributed by atoms with van der Waals surface area (Å²) in [6.45, 7) is 2.69. The zero-order valence-electron chi connectivity index (χ0n) is 18.9. The van der Waals surface area contributed by atoms with Crippen LogP contribution in [0.3, 0.4) is 0 Å². The van der Waals surface area contributed by atoms with Gasteiger partial charge in [0, 0.05) is 25.3 Å². The summed E-state index contributed by atoms with van der Waals surface area (Å²) in [7, 11) is 0. The first-order valence-electron chi connectivity index (χ1n) is 11.2. The van der Waals surface area contributed by atoms with E-state index < -0.39 is 12.6 Å². The topological polar surface area (TPSA) is 126 Å². The molecule has 3 heterocycles. The number of amides is 2. The Labute approximate surface area is 196 Å². The summed E-state index contributed by atoms with van der Waals surface area (Å²) in [6.07, 6.45) is 2.37. The highest BCUT2D eigenvalue weighted by Crippen LogP contribution is 2.33. The number of aromatic nitrogens is 2. The highest BCUT2D eigenvalue weighted by atomic mass is 16.7. The van der Waals surface area contributed by atoms with E-state index in [9.17, 15) is 14.4 Å². The normalized spacial score (nSPS) is 19.1. The van der Waals surface area contributed by atoms with Gasteiger partial charge in [-0.3, -0.25) is 14.8 Å². The quantitative estimate of drug-likeness (QED) is 0.355. The van der Waals surface area contributed by atoms with E-state index in [0.29, 0.717) is 38.2 Å². The van der Waals surface area contributed by atoms with E-state index in [2.05, 4.69) is 15.4 Å². The minimum Gasteiger partial charge on any atom is -0.463 e. The fourth-order valence-corrected chi connectivity index (χ4v) is 4.21. The smallest absolute Gasteiger partial charge is 0.410 e. The number of nitrogens with one attached hydrogen (secondary N) is 1. The Kier molecular flexibility index (Phi) is 7.41. The van der Waals surface area contributed by atoms with Gasteiger partial charge in [-0.25, -0.2) is 9.59 Å². The fourth-order valence-electron chi connectivity index (χ4n) is 4.21. The molecule has 1 unspecified atom stereocenters. The summed E-state index contributed by atoms with van der Waals surface area (Å²) in [6, 6.07) is 11.2. The maximum atomic E-state index is 13.2. The van der Waals surface area contributed by atoms with Crippen LogP contribution in [0.2, 0.25) is 0 Å². The van der Waals surface area contributed by atoms with E-state index >= 15 is 0 Å². The van der Waals surface area contributed by atoms with E-state index in [4.69, 9.17) is 14.3 Å². The standard InChI is InChI=1S/C23H27N5O6/c1-2-32-20(29)15-34-26-21(18-8-11-24-25-18)22(30)27-12-9-17(10-13-27)28-19(14-33-23(28)31)16-6-4-3-5-7-16/h3-8,11,17,19H,2,9-10,12-15H2,1H3,(H,24,25)/b26-21+. The summed E-state index contributed by atoms with van der Waals surface area (Å²) >= 11 is 0. The molecule has 0 bridgehead atoms. The van der Waals surface area contributed by atoms with Crippen LogP contribution in [-0.4, -0.2) is 82.6 Å². The molecule has 0 aliphatic carbocycles. The molecule has 11 heteroatoms. The Morgan fingerprint density at radius 3 is 2.65 bits per heavy atom. The maximum absolute atomic E-state index is 13.2. The molecule has 1 atom stereocenters. The van der Waals surface area contributed by atoms with Gasteiger partial charge < -0.3 is 19.2 Å². The first kappa shape index (κ1) is 23.3. The molecule has 1 aromatic carbocycles. The number of benzene rings is 1. The molecule has 180 valence electrons. The van der Waals surface area contributed by atoms with Gasteiger partial charge in [0.25, 0.3) is 5.91 Å². The van der Waals surface area contributed by atoms with Crippen molar-refractivity contribution in [1.29, 1.82) is 0 Å². The van der Waals surface area contributed by atoms with Crippen LogP contribution in [0, 0.1) is 0 Å². The first-order valence-corrected chi connectivity index (χ1v) is 11.2. The zero-order chi connectivity index (χ0) is 23.9. The Bertz CT molecular complexity index is 1020. The lowest BCUT2D eigenvalue weighted by atomic mass is 9.99. The first-order chi connectivity index (χ1) is 16.6. The highest BCUT2D eigenvalue weighted by Gasteiger charge is 2.41. The van der Waals surface area contributed by atoms with Gasteiger partial charge in [0.05, 0.1) is 18.3 Å². The van der Waals surface area contributed by atoms with Crippen molar-refractivity contribution >= 4 is 23.7 Å². The number of hydrogen-bond donors (Lipinski definition) is 1. The van der Waals surface area contributed by atoms with Crippen LogP contribution >= 0.6 is 0 Å². The SMILES string of the molecule is CCOC(=O)CO/N=C(/C(=O)N1CCC(N2C(=O)OCC2c2ccccc2)CC1)c1ccn[nH]1. The lowest BCUT2D eigenvalue weighted by Crippen LogP contribution is -2.49. The predicted octanol–water partition coefficient (Wildman–Crippen LogP) is 1.88. The minimum absolute atomic E-state index is 0.0167. The number of nitrogens with zero attached hydrogens (tertiary/aromatic N) is 4. The van der Waals surface area contributed by atoms with Crippen LogP contribution in [-0.2, 0) is 23.9 Å². The third kappa shape index (κ3) is 5.19. The molecule has 2 aliphatic heterocycles. The molecule has 2 aromatic rings. The molecule has 4 rings (SSSR count). The van der Waals surface area contributed by atoms with E-state index in [-0.39, 0.29) is 36.4 Å². The maximum Gasteiger partial charge on any atom is 0.410 e. The van der Waals surface area contributed by atoms with Gasteiger partial charge in [-0.1, -0.05) is 35.5 Å². The largest absolute Gasteiger partial charge is 0.463 e. The zero-order valence-corrected chi connectivity index (χ0v) is 18.9. The Morgan fingerprint density at radius 2 is 1.97 bits per heavy atom. The van der Waals surface area contributed by atoms with Gasteiger partial charge in [-0.05, 0) is 31.4 Å². The molecule has 1 aromatic heterocycles. The number of carbonyl (C=O) groups excluding carboxylic acids is 3. The third-order valence-electron chi connectivity index (χ3n) is 5.84. The third-order valence-corrected chi connectivity index (χ3v) is 5.84. The number of cyclic esters (lactones) is 1. The lowest BCUT2D eigenvalue weighted by Gasteiger charge is -2.37. The van der Waals surface area contributed by atoms with Gasteiger partial charge in [-0.15, -0.1) is 0 Å². The second-order valence-electron chi connectivity index (χ2n) is 7.92. The average Bonchev–Trinajstić information content (AvgIpc) is 3.52. The number of carbonyl (C=O) groups is 3. The Morgan fingerprint density at radius 1 is 1.21 bits per heavy atom. The number of ether oxygens (including phenoxy) is 2. The molecule has 0 spiro atoms. The number of aromatic amines is 1. The Balaban J connectivity index is 1.41. The Hall–Kier alpha value is -3.89. The van der Waals surface area contributed by atoms with Crippen molar-refractivity contribution in [2.24, 2.45) is 5.16 Å². The summed E-state index contributed by atoms with van der Waals surface area (Å²) in [4.78, 5) is 45.8. The predicted molar refractivity (Wildman–Crippen MR) is 120 cm³/mol. The molecule has 2 saturated heterocycles. The van der Waals surface area contributed by atoms with Crippen molar-refractivity contribution in [3.63, 3.8) is 0 Å². The van der Waals surface area contributed by atoms with Gasteiger partial charge in [0.15, 0.2) is 5.71 Å². The van der Waals surface area contributed by atoms with Crippen molar-refractivity contribution in [2.45, 2.75) is 31.8 Å². The van der Waals surface area contributed by atoms with E-state index in [0.717, 1.165) is 5.56 Å². The molecular formula is C23H27N5O6. The number of oxime groups is 1. The number of H-pyrrole nitrogens is 1. The molecule has 1 N–H and O–H groups in total. The van der Waals surface area contributed by atoms with Crippen LogP contribution in [0.5, 0.6) is 0 Å². The molecule has 34 heavy (non-hydrogen) atoms. The lowest BCUT2D eigenvalue weighted by molar-refractivity contribution is -0.148.